The summed E-state index contributed by atoms with van der Waals surface area (Å²) in [6, 6.07) is 9.85. The molecule has 1 saturated heterocycles. The van der Waals surface area contributed by atoms with Gasteiger partial charge < -0.3 is 4.90 Å². The monoisotopic (exact) mass is 333 g/mol. The molecule has 0 N–H and O–H groups in total. The van der Waals surface area contributed by atoms with Crippen molar-refractivity contribution in [2.75, 3.05) is 12.8 Å². The molecular weight excluding hydrogens is 314 g/mol. The molecule has 2 aromatic rings. The van der Waals surface area contributed by atoms with Crippen LogP contribution in [0.4, 0.5) is 0 Å². The Kier molecular flexibility index (Phi) is 4.74. The molecular formula is C17H19NO2S2. The van der Waals surface area contributed by atoms with Crippen LogP contribution in [0.5, 0.6) is 0 Å². The molecule has 1 aliphatic rings. The SMILES string of the molecule is CS(=O)Cc1cccc(C(=O)N2CCCC2c2ccsc2)c1. The van der Waals surface area contributed by atoms with Gasteiger partial charge in [-0.25, -0.2) is 0 Å². The van der Waals surface area contributed by atoms with Crippen LogP contribution in [0.3, 0.4) is 0 Å². The highest BCUT2D eigenvalue weighted by Gasteiger charge is 2.30. The summed E-state index contributed by atoms with van der Waals surface area (Å²) < 4.78 is 11.4. The maximum absolute atomic E-state index is 12.8. The van der Waals surface area contributed by atoms with E-state index in [-0.39, 0.29) is 11.9 Å². The van der Waals surface area contributed by atoms with Gasteiger partial charge in [0.1, 0.15) is 0 Å². The van der Waals surface area contributed by atoms with Crippen LogP contribution in [0.2, 0.25) is 0 Å². The number of amides is 1. The van der Waals surface area contributed by atoms with Gasteiger partial charge in [0.2, 0.25) is 0 Å². The molecule has 1 aromatic carbocycles. The second-order valence-electron chi connectivity index (χ2n) is 5.63. The molecule has 5 heteroatoms. The number of hydrogen-bond acceptors (Lipinski definition) is 3. The van der Waals surface area contributed by atoms with Gasteiger partial charge in [-0.3, -0.25) is 9.00 Å². The Balaban J connectivity index is 1.82. The summed E-state index contributed by atoms with van der Waals surface area (Å²) in [5.74, 6) is 0.576. The summed E-state index contributed by atoms with van der Waals surface area (Å²) in [5.41, 5.74) is 2.89. The molecule has 0 bridgehead atoms. The topological polar surface area (TPSA) is 37.4 Å². The van der Waals surface area contributed by atoms with E-state index in [1.165, 1.54) is 5.56 Å². The molecule has 1 fully saturated rings. The van der Waals surface area contributed by atoms with Gasteiger partial charge in [0.15, 0.2) is 0 Å². The van der Waals surface area contributed by atoms with Gasteiger partial charge in [0.25, 0.3) is 5.91 Å². The molecule has 1 amide bonds. The minimum atomic E-state index is -0.895. The fourth-order valence-corrected chi connectivity index (χ4v) is 4.37. The van der Waals surface area contributed by atoms with Crippen molar-refractivity contribution in [1.29, 1.82) is 0 Å². The summed E-state index contributed by atoms with van der Waals surface area (Å²) in [6.07, 6.45) is 3.76. The second kappa shape index (κ2) is 6.75. The quantitative estimate of drug-likeness (QED) is 0.857. The van der Waals surface area contributed by atoms with E-state index in [0.717, 1.165) is 24.9 Å². The van der Waals surface area contributed by atoms with Crippen molar-refractivity contribution >= 4 is 28.0 Å². The predicted molar refractivity (Wildman–Crippen MR) is 91.5 cm³/mol. The first-order valence-electron chi connectivity index (χ1n) is 7.37. The Morgan fingerprint density at radius 2 is 2.27 bits per heavy atom. The highest BCUT2D eigenvalue weighted by Crippen LogP contribution is 2.34. The van der Waals surface area contributed by atoms with Crippen molar-refractivity contribution in [3.05, 3.63) is 57.8 Å². The number of benzene rings is 1. The molecule has 0 spiro atoms. The first-order chi connectivity index (χ1) is 10.6. The number of rotatable bonds is 4. The highest BCUT2D eigenvalue weighted by atomic mass is 32.2. The summed E-state index contributed by atoms with van der Waals surface area (Å²) in [5, 5.41) is 4.19. The fraction of sp³-hybridized carbons (Fsp3) is 0.353. The molecule has 1 aliphatic heterocycles. The van der Waals surface area contributed by atoms with Gasteiger partial charge in [-0.2, -0.15) is 11.3 Å². The van der Waals surface area contributed by atoms with E-state index in [1.54, 1.807) is 17.6 Å². The number of hydrogen-bond donors (Lipinski definition) is 0. The number of thiophene rings is 1. The number of carbonyl (C=O) groups excluding carboxylic acids is 1. The smallest absolute Gasteiger partial charge is 0.254 e. The van der Waals surface area contributed by atoms with Crippen molar-refractivity contribution in [1.82, 2.24) is 4.90 Å². The molecule has 3 nitrogen and oxygen atoms in total. The minimum absolute atomic E-state index is 0.0810. The lowest BCUT2D eigenvalue weighted by Gasteiger charge is -2.24. The van der Waals surface area contributed by atoms with Crippen LogP contribution in [0.1, 0.15) is 40.4 Å². The largest absolute Gasteiger partial charge is 0.332 e. The standard InChI is InChI=1S/C17H19NO2S2/c1-22(20)12-13-4-2-5-14(10-13)17(19)18-8-3-6-16(18)15-7-9-21-11-15/h2,4-5,7,9-11,16H,3,6,8,12H2,1H3. The van der Waals surface area contributed by atoms with E-state index < -0.39 is 10.8 Å². The van der Waals surface area contributed by atoms with E-state index in [9.17, 15) is 9.00 Å². The number of nitrogens with zero attached hydrogens (tertiary/aromatic N) is 1. The Hall–Kier alpha value is -1.46. The van der Waals surface area contributed by atoms with Crippen molar-refractivity contribution in [3.63, 3.8) is 0 Å². The Bertz CT molecular complexity index is 682. The van der Waals surface area contributed by atoms with Crippen LogP contribution in [0.15, 0.2) is 41.1 Å². The molecule has 0 radical (unpaired) electrons. The van der Waals surface area contributed by atoms with Crippen LogP contribution in [0, 0.1) is 0 Å². The van der Waals surface area contributed by atoms with E-state index >= 15 is 0 Å². The lowest BCUT2D eigenvalue weighted by atomic mass is 10.1. The number of likely N-dealkylation sites (tertiary alicyclic amines) is 1. The van der Waals surface area contributed by atoms with Crippen LogP contribution in [0.25, 0.3) is 0 Å². The zero-order valence-electron chi connectivity index (χ0n) is 12.5. The van der Waals surface area contributed by atoms with Crippen molar-refractivity contribution in [2.45, 2.75) is 24.6 Å². The summed E-state index contributed by atoms with van der Waals surface area (Å²) in [7, 11) is -0.895. The average molecular weight is 333 g/mol. The molecule has 22 heavy (non-hydrogen) atoms. The molecule has 3 rings (SSSR count). The fourth-order valence-electron chi connectivity index (χ4n) is 3.02. The van der Waals surface area contributed by atoms with Crippen molar-refractivity contribution in [3.8, 4) is 0 Å². The number of carbonyl (C=O) groups is 1. The Labute approximate surface area is 137 Å². The van der Waals surface area contributed by atoms with E-state index in [1.807, 2.05) is 29.2 Å². The lowest BCUT2D eigenvalue weighted by Crippen LogP contribution is -2.30. The first-order valence-corrected chi connectivity index (χ1v) is 10.0. The third-order valence-electron chi connectivity index (χ3n) is 3.99. The lowest BCUT2D eigenvalue weighted by molar-refractivity contribution is 0.0736. The second-order valence-corrected chi connectivity index (χ2v) is 7.85. The van der Waals surface area contributed by atoms with Gasteiger partial charge in [0, 0.05) is 34.9 Å². The molecule has 1 aromatic heterocycles. The summed E-state index contributed by atoms with van der Waals surface area (Å²) in [4.78, 5) is 14.8. The molecule has 0 saturated carbocycles. The van der Waals surface area contributed by atoms with Gasteiger partial charge in [0.05, 0.1) is 6.04 Å². The zero-order valence-corrected chi connectivity index (χ0v) is 14.2. The van der Waals surface area contributed by atoms with Crippen LogP contribution in [-0.2, 0) is 16.6 Å². The Morgan fingerprint density at radius 1 is 1.41 bits per heavy atom. The molecule has 0 aliphatic carbocycles. The van der Waals surface area contributed by atoms with Crippen LogP contribution >= 0.6 is 11.3 Å². The molecule has 2 heterocycles. The molecule has 2 atom stereocenters. The molecule has 2 unspecified atom stereocenters. The summed E-state index contributed by atoms with van der Waals surface area (Å²) in [6.45, 7) is 0.809. The van der Waals surface area contributed by atoms with Crippen LogP contribution < -0.4 is 0 Å². The van der Waals surface area contributed by atoms with Gasteiger partial charge >= 0.3 is 0 Å². The maximum Gasteiger partial charge on any atom is 0.254 e. The van der Waals surface area contributed by atoms with Gasteiger partial charge in [-0.1, -0.05) is 12.1 Å². The zero-order chi connectivity index (χ0) is 15.5. The third kappa shape index (κ3) is 3.31. The van der Waals surface area contributed by atoms with Gasteiger partial charge in [-0.05, 0) is 52.9 Å². The third-order valence-corrected chi connectivity index (χ3v) is 5.43. The average Bonchev–Trinajstić information content (AvgIpc) is 3.16. The summed E-state index contributed by atoms with van der Waals surface area (Å²) >= 11 is 1.67. The normalized spacial score (nSPS) is 19.3. The van der Waals surface area contributed by atoms with Crippen molar-refractivity contribution < 1.29 is 9.00 Å². The Morgan fingerprint density at radius 3 is 3.00 bits per heavy atom. The van der Waals surface area contributed by atoms with Crippen molar-refractivity contribution in [2.24, 2.45) is 0 Å². The minimum Gasteiger partial charge on any atom is -0.332 e. The van der Waals surface area contributed by atoms with E-state index in [2.05, 4.69) is 16.8 Å². The van der Waals surface area contributed by atoms with Crippen LogP contribution in [-0.4, -0.2) is 27.8 Å². The first kappa shape index (κ1) is 15.4. The van der Waals surface area contributed by atoms with E-state index in [4.69, 9.17) is 0 Å². The van der Waals surface area contributed by atoms with Gasteiger partial charge in [-0.15, -0.1) is 0 Å². The molecule has 116 valence electrons. The highest BCUT2D eigenvalue weighted by molar-refractivity contribution is 7.83. The maximum atomic E-state index is 12.8. The predicted octanol–water partition coefficient (Wildman–Crippen LogP) is 3.60. The van der Waals surface area contributed by atoms with E-state index in [0.29, 0.717) is 11.3 Å².